The Morgan fingerprint density at radius 2 is 1.67 bits per heavy atom. The maximum Gasteiger partial charge on any atom is 0.119 e. The quantitative estimate of drug-likeness (QED) is 0.192. The van der Waals surface area contributed by atoms with Crippen molar-refractivity contribution in [3.63, 3.8) is 0 Å². The monoisotopic (exact) mass is 547 g/mol. The van der Waals surface area contributed by atoms with Crippen LogP contribution in [0.15, 0.2) is 66.7 Å². The molecule has 0 radical (unpaired) electrons. The summed E-state index contributed by atoms with van der Waals surface area (Å²) in [6.07, 6.45) is 3.18. The Labute approximate surface area is 232 Å². The summed E-state index contributed by atoms with van der Waals surface area (Å²) in [5.74, 6) is 0.826. The van der Waals surface area contributed by atoms with E-state index in [-0.39, 0.29) is 30.9 Å². The zero-order valence-corrected chi connectivity index (χ0v) is 23.6. The molecule has 1 N–H and O–H groups in total. The molecule has 0 spiro atoms. The van der Waals surface area contributed by atoms with Gasteiger partial charge < -0.3 is 15.0 Å². The molecule has 0 fully saturated rings. The molecule has 0 saturated heterocycles. The second kappa shape index (κ2) is 14.5. The van der Waals surface area contributed by atoms with Crippen LogP contribution in [-0.2, 0) is 6.42 Å². The van der Waals surface area contributed by atoms with Gasteiger partial charge in [-0.2, -0.15) is 0 Å². The molecule has 0 amide bonds. The fourth-order valence-corrected chi connectivity index (χ4v) is 4.77. The lowest BCUT2D eigenvalue weighted by atomic mass is 9.99. The number of nitrogens with zero attached hydrogens (tertiary/aromatic N) is 2. The number of nitrogens with one attached hydrogen (secondary N) is 1. The normalized spacial score (nSPS) is 11.7. The molecular formula is C29H36Cl3N3O. The minimum Gasteiger partial charge on any atom is -0.497 e. The van der Waals surface area contributed by atoms with Crippen molar-refractivity contribution in [2.24, 2.45) is 0 Å². The predicted octanol–water partition coefficient (Wildman–Crippen LogP) is 8.04. The molecule has 0 bridgehead atoms. The molecule has 7 heteroatoms. The third-order valence-corrected chi connectivity index (χ3v) is 6.77. The van der Waals surface area contributed by atoms with Crippen molar-refractivity contribution < 1.29 is 4.74 Å². The first kappa shape index (κ1) is 30.0. The fourth-order valence-electron chi connectivity index (χ4n) is 4.61. The van der Waals surface area contributed by atoms with Crippen LogP contribution in [0.4, 0.5) is 5.69 Å². The predicted molar refractivity (Wildman–Crippen MR) is 160 cm³/mol. The molecule has 4 aromatic rings. The Morgan fingerprint density at radius 3 is 2.36 bits per heavy atom. The fraction of sp³-hybridized carbons (Fsp3) is 0.345. The molecule has 4 rings (SSSR count). The van der Waals surface area contributed by atoms with Crippen LogP contribution in [0.2, 0.25) is 5.02 Å². The highest BCUT2D eigenvalue weighted by Crippen LogP contribution is 2.35. The van der Waals surface area contributed by atoms with Crippen LogP contribution in [-0.4, -0.2) is 42.7 Å². The van der Waals surface area contributed by atoms with Gasteiger partial charge in [-0.15, -0.1) is 24.8 Å². The molecule has 3 aromatic carbocycles. The zero-order valence-electron chi connectivity index (χ0n) is 21.2. The summed E-state index contributed by atoms with van der Waals surface area (Å²) >= 11 is 6.32. The third-order valence-electron chi connectivity index (χ3n) is 6.54. The molecule has 1 unspecified atom stereocenters. The molecule has 1 heterocycles. The Kier molecular flexibility index (Phi) is 12.1. The van der Waals surface area contributed by atoms with Crippen molar-refractivity contribution in [1.29, 1.82) is 0 Å². The average molecular weight is 549 g/mol. The number of pyridine rings is 1. The second-order valence-corrected chi connectivity index (χ2v) is 9.17. The highest BCUT2D eigenvalue weighted by molar-refractivity contribution is 6.31. The number of ether oxygens (including phenoxy) is 1. The molecule has 0 aliphatic carbocycles. The lowest BCUT2D eigenvalue weighted by Crippen LogP contribution is -2.27. The van der Waals surface area contributed by atoms with E-state index in [1.54, 1.807) is 7.11 Å². The van der Waals surface area contributed by atoms with Crippen molar-refractivity contribution in [2.75, 3.05) is 32.1 Å². The van der Waals surface area contributed by atoms with Crippen LogP contribution in [0.25, 0.3) is 21.8 Å². The summed E-state index contributed by atoms with van der Waals surface area (Å²) in [6, 6.07) is 23.0. The van der Waals surface area contributed by atoms with Gasteiger partial charge in [-0.25, -0.2) is 4.98 Å². The standard InChI is InChI=1S/C29H34ClN3O.2ClH/c1-4-33(5-2)17-9-12-23(18-21-10-7-6-8-11-21)31-29-25-15-13-22(30)19-28(25)32-27-16-14-24(34-3)20-26(27)29;;/h6-8,10-11,13-16,19-20,23H,4-5,9,12,17-18H2,1-3H3,(H,31,32);2*1H. The van der Waals surface area contributed by atoms with E-state index in [4.69, 9.17) is 21.3 Å². The van der Waals surface area contributed by atoms with Crippen LogP contribution in [0.3, 0.4) is 0 Å². The summed E-state index contributed by atoms with van der Waals surface area (Å²) in [7, 11) is 1.70. The third kappa shape index (κ3) is 7.39. The van der Waals surface area contributed by atoms with Crippen molar-refractivity contribution in [3.8, 4) is 5.75 Å². The van der Waals surface area contributed by atoms with Crippen molar-refractivity contribution >= 4 is 63.9 Å². The van der Waals surface area contributed by atoms with E-state index in [9.17, 15) is 0 Å². The molecule has 194 valence electrons. The van der Waals surface area contributed by atoms with Gasteiger partial charge in [-0.1, -0.05) is 55.8 Å². The Morgan fingerprint density at radius 1 is 0.917 bits per heavy atom. The van der Waals surface area contributed by atoms with Crippen LogP contribution in [0.1, 0.15) is 32.3 Å². The second-order valence-electron chi connectivity index (χ2n) is 8.73. The Hall–Kier alpha value is -2.24. The average Bonchev–Trinajstić information content (AvgIpc) is 2.86. The highest BCUT2D eigenvalue weighted by atomic mass is 35.5. The van der Waals surface area contributed by atoms with Gasteiger partial charge in [0.05, 0.1) is 23.8 Å². The van der Waals surface area contributed by atoms with Crippen LogP contribution in [0, 0.1) is 0 Å². The number of hydrogen-bond donors (Lipinski definition) is 1. The van der Waals surface area contributed by atoms with Crippen molar-refractivity contribution in [3.05, 3.63) is 77.3 Å². The summed E-state index contributed by atoms with van der Waals surface area (Å²) in [6.45, 7) is 7.76. The van der Waals surface area contributed by atoms with Gasteiger partial charge in [0.15, 0.2) is 0 Å². The van der Waals surface area contributed by atoms with Crippen LogP contribution < -0.4 is 10.1 Å². The first-order chi connectivity index (χ1) is 16.6. The largest absolute Gasteiger partial charge is 0.497 e. The first-order valence-corrected chi connectivity index (χ1v) is 12.6. The van der Waals surface area contributed by atoms with E-state index in [2.05, 4.69) is 66.5 Å². The van der Waals surface area contributed by atoms with E-state index in [0.29, 0.717) is 5.02 Å². The summed E-state index contributed by atoms with van der Waals surface area (Å²) in [4.78, 5) is 7.38. The maximum absolute atomic E-state index is 6.32. The first-order valence-electron chi connectivity index (χ1n) is 12.2. The molecule has 4 nitrogen and oxygen atoms in total. The lowest BCUT2D eigenvalue weighted by molar-refractivity contribution is 0.294. The number of fused-ring (bicyclic) bond motifs is 2. The van der Waals surface area contributed by atoms with E-state index < -0.39 is 0 Å². The molecule has 1 aromatic heterocycles. The van der Waals surface area contributed by atoms with Gasteiger partial charge in [-0.3, -0.25) is 0 Å². The smallest absolute Gasteiger partial charge is 0.119 e. The topological polar surface area (TPSA) is 37.4 Å². The van der Waals surface area contributed by atoms with Gasteiger partial charge in [0, 0.05) is 21.8 Å². The SMILES string of the molecule is CCN(CC)CCCC(Cc1ccccc1)Nc1c2ccc(Cl)cc2nc2ccc(OC)cc12.Cl.Cl. The van der Waals surface area contributed by atoms with Gasteiger partial charge in [0.25, 0.3) is 0 Å². The van der Waals surface area contributed by atoms with Crippen LogP contribution in [0.5, 0.6) is 5.75 Å². The van der Waals surface area contributed by atoms with Crippen molar-refractivity contribution in [1.82, 2.24) is 9.88 Å². The van der Waals surface area contributed by atoms with Crippen molar-refractivity contribution in [2.45, 2.75) is 39.2 Å². The number of rotatable bonds is 11. The number of anilines is 1. The minimum absolute atomic E-state index is 0. The molecule has 36 heavy (non-hydrogen) atoms. The number of halogens is 3. The zero-order chi connectivity index (χ0) is 23.9. The minimum atomic E-state index is 0. The van der Waals surface area contributed by atoms with Gasteiger partial charge in [-0.05, 0) is 80.9 Å². The molecular weight excluding hydrogens is 513 g/mol. The van der Waals surface area contributed by atoms with Gasteiger partial charge in [0.2, 0.25) is 0 Å². The van der Waals surface area contributed by atoms with Gasteiger partial charge in [0.1, 0.15) is 5.75 Å². The number of aromatic nitrogens is 1. The van der Waals surface area contributed by atoms with E-state index >= 15 is 0 Å². The number of benzene rings is 3. The maximum atomic E-state index is 6.32. The Bertz CT molecular complexity index is 1230. The summed E-state index contributed by atoms with van der Waals surface area (Å²) < 4.78 is 5.54. The number of methoxy groups -OCH3 is 1. The van der Waals surface area contributed by atoms with E-state index in [0.717, 1.165) is 72.1 Å². The molecule has 0 aliphatic rings. The van der Waals surface area contributed by atoms with Gasteiger partial charge >= 0.3 is 0 Å². The summed E-state index contributed by atoms with van der Waals surface area (Å²) in [5.41, 5.74) is 4.26. The Balaban J connectivity index is 0.00000228. The molecule has 1 atom stereocenters. The number of hydrogen-bond acceptors (Lipinski definition) is 4. The van der Waals surface area contributed by atoms with E-state index in [1.165, 1.54) is 5.56 Å². The summed E-state index contributed by atoms with van der Waals surface area (Å²) in [5, 5.41) is 6.77. The lowest BCUT2D eigenvalue weighted by Gasteiger charge is -2.24. The van der Waals surface area contributed by atoms with E-state index in [1.807, 2.05) is 24.3 Å². The van der Waals surface area contributed by atoms with Crippen LogP contribution >= 0.6 is 36.4 Å². The molecule has 0 saturated carbocycles. The highest BCUT2D eigenvalue weighted by Gasteiger charge is 2.16. The molecule has 0 aliphatic heterocycles.